The summed E-state index contributed by atoms with van der Waals surface area (Å²) in [6.45, 7) is 2.08. The number of nitrogens with zero attached hydrogens (tertiary/aromatic N) is 3. The molecule has 2 aliphatic heterocycles. The molecule has 0 N–H and O–H groups in total. The Hall–Kier alpha value is -2.16. The molecule has 26 heavy (non-hydrogen) atoms. The predicted octanol–water partition coefficient (Wildman–Crippen LogP) is 0.739. The van der Waals surface area contributed by atoms with Gasteiger partial charge < -0.3 is 14.7 Å². The Morgan fingerprint density at radius 1 is 1.12 bits per heavy atom. The molecule has 0 bridgehead atoms. The van der Waals surface area contributed by atoms with Crippen molar-refractivity contribution < 1.29 is 22.4 Å². The fourth-order valence-corrected chi connectivity index (χ4v) is 5.62. The highest BCUT2D eigenvalue weighted by atomic mass is 32.2. The van der Waals surface area contributed by atoms with Crippen molar-refractivity contribution in [1.82, 2.24) is 14.7 Å². The zero-order chi connectivity index (χ0) is 19.2. The van der Waals surface area contributed by atoms with Crippen LogP contribution < -0.4 is 0 Å². The van der Waals surface area contributed by atoms with Crippen LogP contribution in [0.1, 0.15) is 15.9 Å². The van der Waals surface area contributed by atoms with Gasteiger partial charge in [-0.05, 0) is 30.7 Å². The van der Waals surface area contributed by atoms with E-state index in [4.69, 9.17) is 0 Å². The van der Waals surface area contributed by atoms with Crippen LogP contribution in [0.25, 0.3) is 0 Å². The summed E-state index contributed by atoms with van der Waals surface area (Å²) in [6, 6.07) is 2.69. The molecule has 1 aromatic carbocycles. The van der Waals surface area contributed by atoms with E-state index < -0.39 is 27.7 Å². The van der Waals surface area contributed by atoms with Gasteiger partial charge in [0, 0.05) is 32.7 Å². The lowest BCUT2D eigenvalue weighted by atomic mass is 10.0. The van der Waals surface area contributed by atoms with Crippen LogP contribution in [-0.4, -0.2) is 85.8 Å². The molecule has 2 fully saturated rings. The molecule has 0 unspecified atom stereocenters. The maximum Gasteiger partial charge on any atom is 0.319 e. The number of benzene rings is 1. The normalized spacial score (nSPS) is 24.3. The average molecular weight is 383 g/mol. The minimum atomic E-state index is -3.35. The number of carbonyl (C=O) groups excluding carboxylic acids is 2. The van der Waals surface area contributed by atoms with Crippen LogP contribution in [0.4, 0.5) is 9.18 Å². The summed E-state index contributed by atoms with van der Waals surface area (Å²) in [5.74, 6) is -1.05. The Balaban J connectivity index is 1.91. The molecule has 2 aliphatic rings. The van der Waals surface area contributed by atoms with Crippen molar-refractivity contribution in [3.05, 3.63) is 35.1 Å². The summed E-state index contributed by atoms with van der Waals surface area (Å²) in [5.41, 5.74) is 0.673. The van der Waals surface area contributed by atoms with Crippen LogP contribution in [0, 0.1) is 12.7 Å². The number of carbonyl (C=O) groups is 2. The molecule has 7 nitrogen and oxygen atoms in total. The summed E-state index contributed by atoms with van der Waals surface area (Å²) < 4.78 is 37.9. The van der Waals surface area contributed by atoms with E-state index in [-0.39, 0.29) is 36.5 Å². The van der Waals surface area contributed by atoms with Gasteiger partial charge in [-0.2, -0.15) is 0 Å². The number of aryl methyl sites for hydroxylation is 1. The molecule has 3 rings (SSSR count). The van der Waals surface area contributed by atoms with Crippen molar-refractivity contribution in [3.63, 3.8) is 0 Å². The van der Waals surface area contributed by atoms with E-state index in [1.165, 1.54) is 32.9 Å². The maximum atomic E-state index is 13.5. The topological polar surface area (TPSA) is 78.0 Å². The van der Waals surface area contributed by atoms with E-state index in [0.717, 1.165) is 0 Å². The summed E-state index contributed by atoms with van der Waals surface area (Å²) in [4.78, 5) is 29.8. The average Bonchev–Trinajstić information content (AvgIpc) is 2.89. The van der Waals surface area contributed by atoms with Crippen LogP contribution in [0.5, 0.6) is 0 Å². The van der Waals surface area contributed by atoms with E-state index >= 15 is 0 Å². The first kappa shape index (κ1) is 18.6. The van der Waals surface area contributed by atoms with Crippen LogP contribution >= 0.6 is 0 Å². The second-order valence-corrected chi connectivity index (χ2v) is 9.20. The van der Waals surface area contributed by atoms with Gasteiger partial charge in [-0.25, -0.2) is 17.6 Å². The molecule has 2 saturated heterocycles. The van der Waals surface area contributed by atoms with E-state index in [9.17, 15) is 22.4 Å². The third-order valence-corrected chi connectivity index (χ3v) is 6.67. The van der Waals surface area contributed by atoms with Crippen LogP contribution in [-0.2, 0) is 9.84 Å². The molecule has 0 spiro atoms. The van der Waals surface area contributed by atoms with Gasteiger partial charge in [0.2, 0.25) is 0 Å². The highest BCUT2D eigenvalue weighted by Gasteiger charge is 2.49. The zero-order valence-electron chi connectivity index (χ0n) is 15.0. The van der Waals surface area contributed by atoms with E-state index in [2.05, 4.69) is 0 Å². The SMILES string of the molecule is Cc1cc(C(=O)N2CCN(C(=O)N(C)C)[C@@H]3CS(=O)(=O)C[C@@H]32)ccc1F. The number of amides is 3. The van der Waals surface area contributed by atoms with Crippen LogP contribution in [0.2, 0.25) is 0 Å². The second kappa shape index (κ2) is 6.53. The highest BCUT2D eigenvalue weighted by molar-refractivity contribution is 7.91. The van der Waals surface area contributed by atoms with Gasteiger partial charge in [0.1, 0.15) is 5.82 Å². The summed E-state index contributed by atoms with van der Waals surface area (Å²) in [5, 5.41) is 0. The third-order valence-electron chi connectivity index (χ3n) is 4.97. The molecule has 3 amide bonds. The minimum absolute atomic E-state index is 0.149. The van der Waals surface area contributed by atoms with Gasteiger partial charge in [-0.15, -0.1) is 0 Å². The predicted molar refractivity (Wildman–Crippen MR) is 94.2 cm³/mol. The molecule has 2 heterocycles. The monoisotopic (exact) mass is 383 g/mol. The maximum absolute atomic E-state index is 13.5. The first-order valence-electron chi connectivity index (χ1n) is 8.36. The minimum Gasteiger partial charge on any atom is -0.331 e. The number of halogens is 1. The highest BCUT2D eigenvalue weighted by Crippen LogP contribution is 2.29. The Morgan fingerprint density at radius 3 is 2.27 bits per heavy atom. The Kier molecular flexibility index (Phi) is 4.68. The molecule has 142 valence electrons. The van der Waals surface area contributed by atoms with E-state index in [1.807, 2.05) is 0 Å². The number of piperazine rings is 1. The van der Waals surface area contributed by atoms with Gasteiger partial charge in [-0.1, -0.05) is 0 Å². The van der Waals surface area contributed by atoms with Gasteiger partial charge >= 0.3 is 6.03 Å². The molecule has 1 aromatic rings. The Bertz CT molecular complexity index is 856. The van der Waals surface area contributed by atoms with Crippen LogP contribution in [0.15, 0.2) is 18.2 Å². The van der Waals surface area contributed by atoms with Crippen molar-refractivity contribution in [2.75, 3.05) is 38.7 Å². The molecule has 9 heteroatoms. The van der Waals surface area contributed by atoms with Crippen molar-refractivity contribution in [1.29, 1.82) is 0 Å². The lowest BCUT2D eigenvalue weighted by Gasteiger charge is -2.44. The number of fused-ring (bicyclic) bond motifs is 1. The summed E-state index contributed by atoms with van der Waals surface area (Å²) >= 11 is 0. The van der Waals surface area contributed by atoms with Gasteiger partial charge in [0.25, 0.3) is 5.91 Å². The first-order valence-corrected chi connectivity index (χ1v) is 10.2. The number of hydrogen-bond donors (Lipinski definition) is 0. The number of urea groups is 1. The van der Waals surface area contributed by atoms with Crippen molar-refractivity contribution >= 4 is 21.8 Å². The number of rotatable bonds is 1. The molecule has 2 atom stereocenters. The van der Waals surface area contributed by atoms with Gasteiger partial charge in [0.05, 0.1) is 23.6 Å². The standard InChI is InChI=1S/C17H22FN3O4S/c1-11-8-12(4-5-13(11)18)16(22)20-6-7-21(17(23)19(2)3)15-10-26(24,25)9-14(15)20/h4-5,8,14-15H,6-7,9-10H2,1-3H3/t14-,15+/m0/s1. The van der Waals surface area contributed by atoms with Crippen molar-refractivity contribution in [3.8, 4) is 0 Å². The Morgan fingerprint density at radius 2 is 1.69 bits per heavy atom. The number of hydrogen-bond acceptors (Lipinski definition) is 4. The fraction of sp³-hybridized carbons (Fsp3) is 0.529. The quantitative estimate of drug-likeness (QED) is 0.717. The molecular formula is C17H22FN3O4S. The smallest absolute Gasteiger partial charge is 0.319 e. The molecule has 0 aliphatic carbocycles. The number of sulfone groups is 1. The molecular weight excluding hydrogens is 361 g/mol. The van der Waals surface area contributed by atoms with E-state index in [1.54, 1.807) is 21.0 Å². The lowest BCUT2D eigenvalue weighted by molar-refractivity contribution is 0.0393. The lowest BCUT2D eigenvalue weighted by Crippen LogP contribution is -2.63. The van der Waals surface area contributed by atoms with E-state index in [0.29, 0.717) is 11.1 Å². The van der Waals surface area contributed by atoms with Gasteiger partial charge in [-0.3, -0.25) is 4.79 Å². The molecule has 0 aromatic heterocycles. The third kappa shape index (κ3) is 3.27. The van der Waals surface area contributed by atoms with Crippen molar-refractivity contribution in [2.45, 2.75) is 19.0 Å². The van der Waals surface area contributed by atoms with Crippen LogP contribution in [0.3, 0.4) is 0 Å². The zero-order valence-corrected chi connectivity index (χ0v) is 15.8. The largest absolute Gasteiger partial charge is 0.331 e. The first-order chi connectivity index (χ1) is 12.1. The van der Waals surface area contributed by atoms with Gasteiger partial charge in [0.15, 0.2) is 9.84 Å². The fourth-order valence-electron chi connectivity index (χ4n) is 3.64. The summed E-state index contributed by atoms with van der Waals surface area (Å²) in [7, 11) is -0.129. The molecule has 0 radical (unpaired) electrons. The second-order valence-electron chi connectivity index (χ2n) is 7.04. The summed E-state index contributed by atoms with van der Waals surface area (Å²) in [6.07, 6.45) is 0. The van der Waals surface area contributed by atoms with Crippen molar-refractivity contribution in [2.24, 2.45) is 0 Å². The Labute approximate surface area is 152 Å². The molecule has 0 saturated carbocycles.